The van der Waals surface area contributed by atoms with E-state index in [-0.39, 0.29) is 12.3 Å². The highest BCUT2D eigenvalue weighted by atomic mass is 16.4. The maximum absolute atomic E-state index is 12.1. The van der Waals surface area contributed by atoms with Gasteiger partial charge in [0.25, 0.3) is 0 Å². The topological polar surface area (TPSA) is 57.6 Å². The van der Waals surface area contributed by atoms with Crippen molar-refractivity contribution in [3.8, 4) is 0 Å². The van der Waals surface area contributed by atoms with Crippen molar-refractivity contribution in [2.45, 2.75) is 32.2 Å². The van der Waals surface area contributed by atoms with Gasteiger partial charge in [0.2, 0.25) is 5.91 Å². The average Bonchev–Trinajstić information content (AvgIpc) is 2.81. The molecule has 1 fully saturated rings. The number of amides is 1. The molecule has 96 valence electrons. The lowest BCUT2D eigenvalue weighted by atomic mass is 10.1. The summed E-state index contributed by atoms with van der Waals surface area (Å²) in [5.41, 5.74) is 2.08. The number of hydrogen-bond acceptors (Lipinski definition) is 2. The van der Waals surface area contributed by atoms with E-state index in [1.165, 1.54) is 4.90 Å². The Morgan fingerprint density at radius 3 is 2.61 bits per heavy atom. The molecule has 1 N–H and O–H groups in total. The molecular weight excluding hydrogens is 230 g/mol. The summed E-state index contributed by atoms with van der Waals surface area (Å²) in [4.78, 5) is 24.6. The van der Waals surface area contributed by atoms with Gasteiger partial charge in [0.05, 0.1) is 6.42 Å². The van der Waals surface area contributed by atoms with E-state index in [1.807, 2.05) is 31.2 Å². The van der Waals surface area contributed by atoms with Crippen molar-refractivity contribution in [3.05, 3.63) is 35.4 Å². The van der Waals surface area contributed by atoms with Gasteiger partial charge in [-0.3, -0.25) is 4.79 Å². The Balaban J connectivity index is 2.03. The lowest BCUT2D eigenvalue weighted by molar-refractivity contribution is -0.148. The van der Waals surface area contributed by atoms with Gasteiger partial charge in [-0.1, -0.05) is 29.8 Å². The molecule has 4 nitrogen and oxygen atoms in total. The van der Waals surface area contributed by atoms with E-state index in [0.29, 0.717) is 13.0 Å². The van der Waals surface area contributed by atoms with Crippen LogP contribution in [0.1, 0.15) is 24.0 Å². The fourth-order valence-electron chi connectivity index (χ4n) is 2.30. The number of carbonyl (C=O) groups is 2. The monoisotopic (exact) mass is 247 g/mol. The van der Waals surface area contributed by atoms with Crippen molar-refractivity contribution < 1.29 is 14.7 Å². The highest BCUT2D eigenvalue weighted by Crippen LogP contribution is 2.19. The standard InChI is InChI=1S/C14H17NO3/c1-10-4-6-11(7-5-10)9-13(16)15-8-2-3-12(15)14(17)18/h4-7,12H,2-3,8-9H2,1H3,(H,17,18)/t12-/m1/s1. The number of aryl methyl sites for hydroxylation is 1. The van der Waals surface area contributed by atoms with Crippen molar-refractivity contribution in [1.82, 2.24) is 4.90 Å². The minimum Gasteiger partial charge on any atom is -0.480 e. The molecule has 1 saturated heterocycles. The summed E-state index contributed by atoms with van der Waals surface area (Å²) in [7, 11) is 0. The molecular formula is C14H17NO3. The first-order chi connectivity index (χ1) is 8.58. The van der Waals surface area contributed by atoms with E-state index in [2.05, 4.69) is 0 Å². The number of hydrogen-bond donors (Lipinski definition) is 1. The van der Waals surface area contributed by atoms with E-state index < -0.39 is 12.0 Å². The zero-order chi connectivity index (χ0) is 13.1. The van der Waals surface area contributed by atoms with Gasteiger partial charge >= 0.3 is 5.97 Å². The molecule has 2 rings (SSSR count). The second-order valence-corrected chi connectivity index (χ2v) is 4.75. The predicted molar refractivity (Wildman–Crippen MR) is 67.3 cm³/mol. The van der Waals surface area contributed by atoms with Crippen LogP contribution in [0.5, 0.6) is 0 Å². The third-order valence-corrected chi connectivity index (χ3v) is 3.33. The number of likely N-dealkylation sites (tertiary alicyclic amines) is 1. The molecule has 0 unspecified atom stereocenters. The number of rotatable bonds is 3. The summed E-state index contributed by atoms with van der Waals surface area (Å²) in [6, 6.07) is 7.11. The van der Waals surface area contributed by atoms with Gasteiger partial charge in [-0.15, -0.1) is 0 Å². The first-order valence-corrected chi connectivity index (χ1v) is 6.16. The van der Waals surface area contributed by atoms with Crippen molar-refractivity contribution in [2.24, 2.45) is 0 Å². The van der Waals surface area contributed by atoms with Crippen LogP contribution in [0.15, 0.2) is 24.3 Å². The minimum atomic E-state index is -0.898. The third kappa shape index (κ3) is 2.70. The second kappa shape index (κ2) is 5.21. The Morgan fingerprint density at radius 1 is 1.33 bits per heavy atom. The minimum absolute atomic E-state index is 0.0937. The Morgan fingerprint density at radius 2 is 2.00 bits per heavy atom. The lowest BCUT2D eigenvalue weighted by Gasteiger charge is -2.21. The maximum Gasteiger partial charge on any atom is 0.326 e. The Hall–Kier alpha value is -1.84. The van der Waals surface area contributed by atoms with Crippen LogP contribution >= 0.6 is 0 Å². The predicted octanol–water partition coefficient (Wildman–Crippen LogP) is 1.61. The molecule has 0 aromatic heterocycles. The first kappa shape index (κ1) is 12.6. The molecule has 4 heteroatoms. The van der Waals surface area contributed by atoms with Gasteiger partial charge in [-0.2, -0.15) is 0 Å². The summed E-state index contributed by atoms with van der Waals surface area (Å²) in [5, 5.41) is 9.04. The molecule has 18 heavy (non-hydrogen) atoms. The maximum atomic E-state index is 12.1. The smallest absolute Gasteiger partial charge is 0.326 e. The van der Waals surface area contributed by atoms with Gasteiger partial charge in [0, 0.05) is 6.54 Å². The highest BCUT2D eigenvalue weighted by molar-refractivity contribution is 5.85. The largest absolute Gasteiger partial charge is 0.480 e. The summed E-state index contributed by atoms with van der Waals surface area (Å²) in [6.45, 7) is 2.55. The summed E-state index contributed by atoms with van der Waals surface area (Å²) >= 11 is 0. The summed E-state index contributed by atoms with van der Waals surface area (Å²) < 4.78 is 0. The molecule has 1 aromatic rings. The zero-order valence-electron chi connectivity index (χ0n) is 10.4. The molecule has 0 aliphatic carbocycles. The van der Waals surface area contributed by atoms with Crippen LogP contribution < -0.4 is 0 Å². The highest BCUT2D eigenvalue weighted by Gasteiger charge is 2.33. The van der Waals surface area contributed by atoms with Gasteiger partial charge in [-0.05, 0) is 25.3 Å². The van der Waals surface area contributed by atoms with E-state index in [1.54, 1.807) is 0 Å². The van der Waals surface area contributed by atoms with E-state index >= 15 is 0 Å². The molecule has 1 heterocycles. The third-order valence-electron chi connectivity index (χ3n) is 3.33. The molecule has 0 saturated carbocycles. The molecule has 0 radical (unpaired) electrons. The van der Waals surface area contributed by atoms with Crippen LogP contribution in [0.3, 0.4) is 0 Å². The fraction of sp³-hybridized carbons (Fsp3) is 0.429. The molecule has 1 amide bonds. The van der Waals surface area contributed by atoms with Crippen molar-refractivity contribution >= 4 is 11.9 Å². The molecule has 1 aromatic carbocycles. The van der Waals surface area contributed by atoms with Crippen molar-refractivity contribution in [3.63, 3.8) is 0 Å². The van der Waals surface area contributed by atoms with E-state index in [4.69, 9.17) is 5.11 Å². The van der Waals surface area contributed by atoms with Crippen LogP contribution in [-0.2, 0) is 16.0 Å². The van der Waals surface area contributed by atoms with Crippen LogP contribution in [0.25, 0.3) is 0 Å². The summed E-state index contributed by atoms with van der Waals surface area (Å²) in [6.07, 6.45) is 1.62. The SMILES string of the molecule is Cc1ccc(CC(=O)N2CCC[C@@H]2C(=O)O)cc1. The van der Waals surface area contributed by atoms with Gasteiger partial charge in [0.1, 0.15) is 6.04 Å². The molecule has 1 aliphatic rings. The van der Waals surface area contributed by atoms with Crippen molar-refractivity contribution in [1.29, 1.82) is 0 Å². The number of nitrogens with zero attached hydrogens (tertiary/aromatic N) is 1. The number of benzene rings is 1. The molecule has 1 aliphatic heterocycles. The zero-order valence-corrected chi connectivity index (χ0v) is 10.4. The normalized spacial score (nSPS) is 18.9. The quantitative estimate of drug-likeness (QED) is 0.882. The van der Waals surface area contributed by atoms with Crippen LogP contribution in [0, 0.1) is 6.92 Å². The first-order valence-electron chi connectivity index (χ1n) is 6.16. The van der Waals surface area contributed by atoms with Crippen LogP contribution in [-0.4, -0.2) is 34.5 Å². The van der Waals surface area contributed by atoms with Gasteiger partial charge in [0.15, 0.2) is 0 Å². The fourth-order valence-corrected chi connectivity index (χ4v) is 2.30. The van der Waals surface area contributed by atoms with Gasteiger partial charge < -0.3 is 10.0 Å². The summed E-state index contributed by atoms with van der Waals surface area (Å²) in [5.74, 6) is -0.992. The molecule has 0 bridgehead atoms. The van der Waals surface area contributed by atoms with Gasteiger partial charge in [-0.25, -0.2) is 4.79 Å². The van der Waals surface area contributed by atoms with E-state index in [9.17, 15) is 9.59 Å². The second-order valence-electron chi connectivity index (χ2n) is 4.75. The Labute approximate surface area is 106 Å². The lowest BCUT2D eigenvalue weighted by Crippen LogP contribution is -2.41. The number of aliphatic carboxylic acids is 1. The number of carboxylic acids is 1. The molecule has 1 atom stereocenters. The number of carbonyl (C=O) groups excluding carboxylic acids is 1. The number of carboxylic acid groups (broad SMARTS) is 1. The Kier molecular flexibility index (Phi) is 3.65. The van der Waals surface area contributed by atoms with Crippen molar-refractivity contribution in [2.75, 3.05) is 6.54 Å². The average molecular weight is 247 g/mol. The molecule has 0 spiro atoms. The Bertz CT molecular complexity index is 453. The van der Waals surface area contributed by atoms with Crippen LogP contribution in [0.2, 0.25) is 0 Å². The van der Waals surface area contributed by atoms with Crippen LogP contribution in [0.4, 0.5) is 0 Å². The van der Waals surface area contributed by atoms with E-state index in [0.717, 1.165) is 17.5 Å².